The van der Waals surface area contributed by atoms with Gasteiger partial charge in [-0.05, 0) is 86.7 Å². The highest BCUT2D eigenvalue weighted by Gasteiger charge is 2.55. The SMILES string of the molecule is CC(C)(C)OC(=O)NC(Cc1ccccc1)C(=O)N1CCC2(CC1)/C(=C\c1ccc([N+](=O)[O-])cc1)C(=O)/C2=C/c1ccc([N+](=O)[O-])cc1. The van der Waals surface area contributed by atoms with E-state index in [9.17, 15) is 34.6 Å². The third kappa shape index (κ3) is 7.49. The summed E-state index contributed by atoms with van der Waals surface area (Å²) in [7, 11) is 0. The lowest BCUT2D eigenvalue weighted by Gasteiger charge is -2.51. The van der Waals surface area contributed by atoms with E-state index >= 15 is 0 Å². The number of nitrogens with one attached hydrogen (secondary N) is 1. The van der Waals surface area contributed by atoms with E-state index in [1.165, 1.54) is 24.3 Å². The Morgan fingerprint density at radius 1 is 0.854 bits per heavy atom. The van der Waals surface area contributed by atoms with Crippen LogP contribution in [0.5, 0.6) is 0 Å². The van der Waals surface area contributed by atoms with Gasteiger partial charge in [-0.1, -0.05) is 30.3 Å². The van der Waals surface area contributed by atoms with Gasteiger partial charge < -0.3 is 15.0 Å². The lowest BCUT2D eigenvalue weighted by atomic mass is 9.54. The molecule has 1 aliphatic carbocycles. The third-order valence-corrected chi connectivity index (χ3v) is 8.55. The van der Waals surface area contributed by atoms with Gasteiger partial charge in [0.25, 0.3) is 11.4 Å². The summed E-state index contributed by atoms with van der Waals surface area (Å²) in [5, 5.41) is 25.1. The topological polar surface area (TPSA) is 162 Å². The fraction of sp³-hybridized carbons (Fsp3) is 0.306. The molecule has 3 aromatic carbocycles. The lowest BCUT2D eigenvalue weighted by molar-refractivity contribution is -0.385. The Morgan fingerprint density at radius 2 is 1.33 bits per heavy atom. The lowest BCUT2D eigenvalue weighted by Crippen LogP contribution is -2.56. The van der Waals surface area contributed by atoms with E-state index in [1.807, 2.05) is 30.3 Å². The largest absolute Gasteiger partial charge is 0.444 e. The quantitative estimate of drug-likeness (QED) is 0.168. The summed E-state index contributed by atoms with van der Waals surface area (Å²) < 4.78 is 5.45. The molecule has 1 atom stereocenters. The molecule has 1 spiro atoms. The van der Waals surface area contributed by atoms with Crippen molar-refractivity contribution in [3.8, 4) is 0 Å². The predicted molar refractivity (Wildman–Crippen MR) is 179 cm³/mol. The van der Waals surface area contributed by atoms with Gasteiger partial charge in [0.1, 0.15) is 11.6 Å². The number of hydrogen-bond acceptors (Lipinski definition) is 8. The molecule has 12 heteroatoms. The molecular weight excluding hydrogens is 616 g/mol. The summed E-state index contributed by atoms with van der Waals surface area (Å²) in [5.74, 6) is -0.466. The number of nitro benzene ring substituents is 2. The summed E-state index contributed by atoms with van der Waals surface area (Å²) in [5.41, 5.74) is 1.58. The molecule has 12 nitrogen and oxygen atoms in total. The van der Waals surface area contributed by atoms with E-state index in [-0.39, 0.29) is 29.5 Å². The summed E-state index contributed by atoms with van der Waals surface area (Å²) in [6.07, 6.45) is 3.85. The second kappa shape index (κ2) is 13.6. The number of amides is 2. The zero-order valence-corrected chi connectivity index (χ0v) is 26.9. The average Bonchev–Trinajstić information content (AvgIpc) is 3.05. The van der Waals surface area contributed by atoms with Crippen molar-refractivity contribution in [1.82, 2.24) is 10.2 Å². The average molecular weight is 653 g/mol. The van der Waals surface area contributed by atoms with Crippen molar-refractivity contribution < 1.29 is 29.0 Å². The van der Waals surface area contributed by atoms with Crippen LogP contribution < -0.4 is 5.32 Å². The molecule has 1 N–H and O–H groups in total. The molecular formula is C36H36N4O8. The number of Topliss-reactive ketones (excluding diaryl/α,β-unsaturated/α-hetero) is 1. The van der Waals surface area contributed by atoms with Crippen LogP contribution in [-0.4, -0.2) is 57.3 Å². The second-order valence-corrected chi connectivity index (χ2v) is 12.9. The molecule has 248 valence electrons. The summed E-state index contributed by atoms with van der Waals surface area (Å²) in [4.78, 5) is 63.4. The predicted octanol–water partition coefficient (Wildman–Crippen LogP) is 6.30. The van der Waals surface area contributed by atoms with Crippen LogP contribution >= 0.6 is 0 Å². The number of benzene rings is 3. The van der Waals surface area contributed by atoms with E-state index < -0.39 is 33.0 Å². The number of carbonyl (C=O) groups is 3. The maximum atomic E-state index is 14.0. The highest BCUT2D eigenvalue weighted by Crippen LogP contribution is 2.56. The van der Waals surface area contributed by atoms with Crippen LogP contribution in [0.2, 0.25) is 0 Å². The Balaban J connectivity index is 1.42. The van der Waals surface area contributed by atoms with Crippen LogP contribution in [-0.2, 0) is 20.7 Å². The summed E-state index contributed by atoms with van der Waals surface area (Å²) >= 11 is 0. The number of hydrogen-bond donors (Lipinski definition) is 1. The van der Waals surface area contributed by atoms with Crippen molar-refractivity contribution >= 4 is 41.3 Å². The van der Waals surface area contributed by atoms with E-state index in [0.29, 0.717) is 48.2 Å². The summed E-state index contributed by atoms with van der Waals surface area (Å²) in [6, 6.07) is 20.3. The smallest absolute Gasteiger partial charge is 0.408 e. The van der Waals surface area contributed by atoms with Crippen LogP contribution in [0.15, 0.2) is 90.0 Å². The Labute approximate surface area is 277 Å². The van der Waals surface area contributed by atoms with Crippen LogP contribution in [0.25, 0.3) is 12.2 Å². The number of non-ortho nitro benzene ring substituents is 2. The number of alkyl carbamates (subject to hydrolysis) is 1. The van der Waals surface area contributed by atoms with Gasteiger partial charge in [0.15, 0.2) is 5.78 Å². The van der Waals surface area contributed by atoms with E-state index in [2.05, 4.69) is 5.32 Å². The van der Waals surface area contributed by atoms with Crippen LogP contribution in [0.1, 0.15) is 50.3 Å². The molecule has 2 amide bonds. The standard InChI is InChI=1S/C36H36N4O8/c1-35(2,3)48-34(43)37-31(23-24-7-5-4-6-8-24)33(42)38-19-17-36(18-20-38)29(21-25-9-13-27(14-10-25)39(44)45)32(41)30(36)22-26-11-15-28(16-12-26)40(46)47/h4-16,21-22,31H,17-20,23H2,1-3H3,(H,37,43)/b29-21-,30-22-. The Hall–Kier alpha value is -5.65. The van der Waals surface area contributed by atoms with Gasteiger partial charge in [-0.25, -0.2) is 4.79 Å². The van der Waals surface area contributed by atoms with E-state index in [0.717, 1.165) is 5.56 Å². The van der Waals surface area contributed by atoms with Gasteiger partial charge in [0, 0.05) is 60.3 Å². The van der Waals surface area contributed by atoms with Gasteiger partial charge >= 0.3 is 6.09 Å². The molecule has 0 radical (unpaired) electrons. The van der Waals surface area contributed by atoms with Gasteiger partial charge in [-0.15, -0.1) is 0 Å². The summed E-state index contributed by atoms with van der Waals surface area (Å²) in [6.45, 7) is 5.82. The molecule has 2 fully saturated rings. The minimum Gasteiger partial charge on any atom is -0.444 e. The minimum absolute atomic E-state index is 0.0672. The number of piperidine rings is 1. The van der Waals surface area contributed by atoms with Gasteiger partial charge in [-0.2, -0.15) is 0 Å². The molecule has 1 unspecified atom stereocenters. The molecule has 1 saturated heterocycles. The Kier molecular flexibility index (Phi) is 9.55. The number of rotatable bonds is 8. The van der Waals surface area contributed by atoms with E-state index in [4.69, 9.17) is 4.74 Å². The number of nitrogens with zero attached hydrogens (tertiary/aromatic N) is 3. The third-order valence-electron chi connectivity index (χ3n) is 8.55. The van der Waals surface area contributed by atoms with Crippen LogP contribution in [0.4, 0.5) is 16.2 Å². The molecule has 1 heterocycles. The second-order valence-electron chi connectivity index (χ2n) is 12.9. The fourth-order valence-corrected chi connectivity index (χ4v) is 6.16. The van der Waals surface area contributed by atoms with Crippen molar-refractivity contribution in [2.45, 2.75) is 51.7 Å². The van der Waals surface area contributed by atoms with Crippen LogP contribution in [0.3, 0.4) is 0 Å². The first-order valence-electron chi connectivity index (χ1n) is 15.6. The molecule has 1 saturated carbocycles. The van der Waals surface area contributed by atoms with Crippen molar-refractivity contribution in [3.05, 3.63) is 127 Å². The Morgan fingerprint density at radius 3 is 1.77 bits per heavy atom. The first-order chi connectivity index (χ1) is 22.8. The molecule has 0 aromatic heterocycles. The fourth-order valence-electron chi connectivity index (χ4n) is 6.16. The number of nitro groups is 2. The molecule has 5 rings (SSSR count). The monoisotopic (exact) mass is 652 g/mol. The first-order valence-corrected chi connectivity index (χ1v) is 15.6. The van der Waals surface area contributed by atoms with Gasteiger partial charge in [0.05, 0.1) is 9.85 Å². The highest BCUT2D eigenvalue weighted by molar-refractivity contribution is 6.23. The molecule has 3 aromatic rings. The van der Waals surface area contributed by atoms with E-state index in [1.54, 1.807) is 62.1 Å². The van der Waals surface area contributed by atoms with Crippen molar-refractivity contribution in [1.29, 1.82) is 0 Å². The number of allylic oxidation sites excluding steroid dienone is 2. The normalized spacial score (nSPS) is 17.9. The minimum atomic E-state index is -0.885. The van der Waals surface area contributed by atoms with Crippen molar-refractivity contribution in [2.75, 3.05) is 13.1 Å². The maximum Gasteiger partial charge on any atom is 0.408 e. The molecule has 1 aliphatic heterocycles. The number of likely N-dealkylation sites (tertiary alicyclic amines) is 1. The van der Waals surface area contributed by atoms with Crippen LogP contribution in [0, 0.1) is 25.6 Å². The zero-order chi connectivity index (χ0) is 34.6. The van der Waals surface area contributed by atoms with Gasteiger partial charge in [-0.3, -0.25) is 29.8 Å². The zero-order valence-electron chi connectivity index (χ0n) is 26.9. The number of ketones is 1. The molecule has 2 aliphatic rings. The Bertz CT molecular complexity index is 1700. The first kappa shape index (κ1) is 33.7. The maximum absolute atomic E-state index is 14.0. The molecule has 48 heavy (non-hydrogen) atoms. The number of carbonyl (C=O) groups excluding carboxylic acids is 3. The van der Waals surface area contributed by atoms with Crippen molar-refractivity contribution in [2.24, 2.45) is 5.41 Å². The number of ether oxygens (including phenoxy) is 1. The van der Waals surface area contributed by atoms with Gasteiger partial charge in [0.2, 0.25) is 5.91 Å². The molecule has 0 bridgehead atoms. The highest BCUT2D eigenvalue weighted by atomic mass is 16.6. The van der Waals surface area contributed by atoms with Crippen molar-refractivity contribution in [3.63, 3.8) is 0 Å².